The minimum absolute atomic E-state index is 0.109. The summed E-state index contributed by atoms with van der Waals surface area (Å²) < 4.78 is 10.7. The van der Waals surface area contributed by atoms with Crippen molar-refractivity contribution in [2.24, 2.45) is 0 Å². The van der Waals surface area contributed by atoms with Crippen molar-refractivity contribution in [1.29, 1.82) is 0 Å². The third-order valence-electron chi connectivity index (χ3n) is 2.68. The smallest absolute Gasteiger partial charge is 0.269 e. The second-order valence-corrected chi connectivity index (χ2v) is 4.17. The van der Waals surface area contributed by atoms with Gasteiger partial charge in [-0.25, -0.2) is 4.98 Å². The van der Waals surface area contributed by atoms with E-state index < -0.39 is 0 Å². The summed E-state index contributed by atoms with van der Waals surface area (Å²) in [5, 5.41) is 11.3. The molecule has 20 heavy (non-hydrogen) atoms. The van der Waals surface area contributed by atoms with Crippen molar-refractivity contribution in [3.05, 3.63) is 29.6 Å². The summed E-state index contributed by atoms with van der Waals surface area (Å²) in [5.74, 6) is 4.97. The van der Waals surface area contributed by atoms with E-state index in [-0.39, 0.29) is 18.6 Å². The van der Waals surface area contributed by atoms with Crippen molar-refractivity contribution in [1.82, 2.24) is 10.3 Å². The first-order chi connectivity index (χ1) is 9.79. The topological polar surface area (TPSA) is 80.7 Å². The average molecular weight is 276 g/mol. The maximum Gasteiger partial charge on any atom is 0.269 e. The normalized spacial score (nSPS) is 17.9. The lowest BCUT2D eigenvalue weighted by atomic mass is 10.2. The molecule has 1 aliphatic heterocycles. The van der Waals surface area contributed by atoms with Gasteiger partial charge >= 0.3 is 0 Å². The zero-order valence-electron chi connectivity index (χ0n) is 11.0. The van der Waals surface area contributed by atoms with Gasteiger partial charge in [0.05, 0.1) is 25.9 Å². The molecule has 6 heteroatoms. The molecular weight excluding hydrogens is 260 g/mol. The number of hydrogen-bond donors (Lipinski definition) is 2. The van der Waals surface area contributed by atoms with E-state index in [0.717, 1.165) is 0 Å². The first-order valence-electron chi connectivity index (χ1n) is 6.33. The number of aliphatic hydroxyl groups is 1. The lowest BCUT2D eigenvalue weighted by Gasteiger charge is -2.22. The summed E-state index contributed by atoms with van der Waals surface area (Å²) in [7, 11) is 0. The molecule has 1 fully saturated rings. The number of aliphatic hydroxyl groups excluding tert-OH is 1. The molecule has 2 N–H and O–H groups in total. The first-order valence-corrected chi connectivity index (χ1v) is 6.33. The zero-order chi connectivity index (χ0) is 14.2. The molecule has 1 unspecified atom stereocenters. The third kappa shape index (κ3) is 4.31. The lowest BCUT2D eigenvalue weighted by Crippen LogP contribution is -2.39. The predicted molar refractivity (Wildman–Crippen MR) is 71.1 cm³/mol. The van der Waals surface area contributed by atoms with Crippen LogP contribution in [0, 0.1) is 11.8 Å². The highest BCUT2D eigenvalue weighted by Gasteiger charge is 2.16. The Labute approximate surface area is 117 Å². The maximum absolute atomic E-state index is 11.9. The van der Waals surface area contributed by atoms with Gasteiger partial charge in [0.25, 0.3) is 5.91 Å². The van der Waals surface area contributed by atoms with Gasteiger partial charge in [-0.1, -0.05) is 11.8 Å². The number of pyridine rings is 1. The molecule has 1 aromatic rings. The molecule has 1 aromatic heterocycles. The van der Waals surface area contributed by atoms with E-state index in [1.807, 2.05) is 0 Å². The summed E-state index contributed by atoms with van der Waals surface area (Å²) >= 11 is 0. The number of aromatic nitrogens is 1. The average Bonchev–Trinajstić information content (AvgIpc) is 2.52. The molecule has 1 aliphatic rings. The van der Waals surface area contributed by atoms with E-state index in [2.05, 4.69) is 22.1 Å². The van der Waals surface area contributed by atoms with Crippen LogP contribution in [0.5, 0.6) is 0 Å². The molecule has 2 rings (SSSR count). The number of nitrogens with one attached hydrogen (secondary N) is 1. The van der Waals surface area contributed by atoms with Crippen LogP contribution in [0.15, 0.2) is 18.3 Å². The highest BCUT2D eigenvalue weighted by atomic mass is 16.6. The number of ether oxygens (including phenoxy) is 2. The molecule has 6 nitrogen and oxygen atoms in total. The van der Waals surface area contributed by atoms with Crippen LogP contribution in [-0.4, -0.2) is 55.1 Å². The minimum Gasteiger partial charge on any atom is -0.384 e. The Bertz CT molecular complexity index is 498. The predicted octanol–water partition coefficient (Wildman–Crippen LogP) is -0.429. The van der Waals surface area contributed by atoms with Crippen molar-refractivity contribution in [2.75, 3.05) is 33.0 Å². The fraction of sp³-hybridized carbons (Fsp3) is 0.429. The molecule has 0 radical (unpaired) electrons. The van der Waals surface area contributed by atoms with Crippen LogP contribution in [0.1, 0.15) is 16.1 Å². The highest BCUT2D eigenvalue weighted by molar-refractivity contribution is 5.92. The number of rotatable bonds is 3. The van der Waals surface area contributed by atoms with Crippen molar-refractivity contribution < 1.29 is 19.4 Å². The Morgan fingerprint density at radius 2 is 2.40 bits per heavy atom. The Hall–Kier alpha value is -1.94. The number of carbonyl (C=O) groups is 1. The fourth-order valence-electron chi connectivity index (χ4n) is 1.70. The largest absolute Gasteiger partial charge is 0.384 e. The Kier molecular flexibility index (Phi) is 5.50. The van der Waals surface area contributed by atoms with Gasteiger partial charge in [0.2, 0.25) is 0 Å². The van der Waals surface area contributed by atoms with Crippen LogP contribution in [0.2, 0.25) is 0 Å². The van der Waals surface area contributed by atoms with Crippen LogP contribution in [0.4, 0.5) is 0 Å². The van der Waals surface area contributed by atoms with Gasteiger partial charge in [0.15, 0.2) is 0 Å². The molecule has 0 aromatic carbocycles. The summed E-state index contributed by atoms with van der Waals surface area (Å²) in [4.78, 5) is 15.9. The van der Waals surface area contributed by atoms with Crippen LogP contribution in [-0.2, 0) is 9.47 Å². The van der Waals surface area contributed by atoms with Crippen molar-refractivity contribution in [3.63, 3.8) is 0 Å². The van der Waals surface area contributed by atoms with E-state index in [1.54, 1.807) is 12.1 Å². The van der Waals surface area contributed by atoms with E-state index in [0.29, 0.717) is 37.6 Å². The summed E-state index contributed by atoms with van der Waals surface area (Å²) in [6.45, 7) is 1.83. The van der Waals surface area contributed by atoms with Crippen molar-refractivity contribution in [2.45, 2.75) is 6.10 Å². The third-order valence-corrected chi connectivity index (χ3v) is 2.68. The SMILES string of the molecule is O=C(NCC1COCCO1)c1ccc(C#CCO)cn1. The van der Waals surface area contributed by atoms with Crippen LogP contribution >= 0.6 is 0 Å². The molecule has 0 aliphatic carbocycles. The zero-order valence-corrected chi connectivity index (χ0v) is 11.0. The van der Waals surface area contributed by atoms with Gasteiger partial charge in [0, 0.05) is 18.3 Å². The molecule has 2 heterocycles. The van der Waals surface area contributed by atoms with Gasteiger partial charge in [-0.3, -0.25) is 4.79 Å². The summed E-state index contributed by atoms with van der Waals surface area (Å²) in [6.07, 6.45) is 1.39. The maximum atomic E-state index is 11.9. The number of nitrogens with zero attached hydrogens (tertiary/aromatic N) is 1. The van der Waals surface area contributed by atoms with E-state index >= 15 is 0 Å². The Morgan fingerprint density at radius 3 is 3.05 bits per heavy atom. The van der Waals surface area contributed by atoms with Crippen molar-refractivity contribution >= 4 is 5.91 Å². The summed E-state index contributed by atoms with van der Waals surface area (Å²) in [5.41, 5.74) is 0.968. The monoisotopic (exact) mass is 276 g/mol. The Morgan fingerprint density at radius 1 is 1.50 bits per heavy atom. The van der Waals surface area contributed by atoms with Gasteiger partial charge in [0.1, 0.15) is 12.3 Å². The quantitative estimate of drug-likeness (QED) is 0.732. The van der Waals surface area contributed by atoms with Crippen LogP contribution in [0.3, 0.4) is 0 Å². The number of amides is 1. The molecule has 106 valence electrons. The molecule has 0 bridgehead atoms. The minimum atomic E-state index is -0.263. The second-order valence-electron chi connectivity index (χ2n) is 4.17. The van der Waals surface area contributed by atoms with E-state index in [9.17, 15) is 4.79 Å². The second kappa shape index (κ2) is 7.60. The van der Waals surface area contributed by atoms with E-state index in [1.165, 1.54) is 6.20 Å². The molecule has 1 saturated heterocycles. The highest BCUT2D eigenvalue weighted by Crippen LogP contribution is 2.01. The van der Waals surface area contributed by atoms with Crippen LogP contribution in [0.25, 0.3) is 0 Å². The standard InChI is InChI=1S/C14H16N2O4/c17-5-1-2-11-3-4-13(15-8-11)14(18)16-9-12-10-19-6-7-20-12/h3-4,8,12,17H,5-7,9-10H2,(H,16,18). The molecule has 0 spiro atoms. The van der Waals surface area contributed by atoms with Gasteiger partial charge in [-0.05, 0) is 12.1 Å². The van der Waals surface area contributed by atoms with Crippen LogP contribution < -0.4 is 5.32 Å². The molecule has 1 amide bonds. The number of carbonyl (C=O) groups excluding carboxylic acids is 1. The van der Waals surface area contributed by atoms with Gasteiger partial charge in [-0.15, -0.1) is 0 Å². The van der Waals surface area contributed by atoms with Gasteiger partial charge in [-0.2, -0.15) is 0 Å². The van der Waals surface area contributed by atoms with Gasteiger partial charge < -0.3 is 19.9 Å². The lowest BCUT2D eigenvalue weighted by molar-refractivity contribution is -0.0855. The first kappa shape index (κ1) is 14.5. The van der Waals surface area contributed by atoms with Crippen molar-refractivity contribution in [3.8, 4) is 11.8 Å². The van der Waals surface area contributed by atoms with E-state index in [4.69, 9.17) is 14.6 Å². The summed E-state index contributed by atoms with van der Waals surface area (Å²) in [6, 6.07) is 3.28. The molecule has 1 atom stereocenters. The molecular formula is C14H16N2O4. The Balaban J connectivity index is 1.85. The number of hydrogen-bond acceptors (Lipinski definition) is 5. The fourth-order valence-corrected chi connectivity index (χ4v) is 1.70. The molecule has 0 saturated carbocycles.